The first kappa shape index (κ1) is 16.8. The standard InChI is InChI=1S/C17H15N5O5/c1-20-14-13(15(24)21(2)17(20)26)22(8-18-14)6-12(23)19-10-4-3-9-7-27-16(25)11(9)5-10/h3-5,8H,6-7H2,1-2H3,(H,19,23). The molecule has 0 aliphatic carbocycles. The lowest BCUT2D eigenvalue weighted by atomic mass is 10.1. The number of hydrogen-bond donors (Lipinski definition) is 1. The predicted molar refractivity (Wildman–Crippen MR) is 94.4 cm³/mol. The van der Waals surface area contributed by atoms with Gasteiger partial charge in [-0.25, -0.2) is 14.6 Å². The molecule has 4 rings (SSSR count). The smallest absolute Gasteiger partial charge is 0.338 e. The maximum Gasteiger partial charge on any atom is 0.338 e. The minimum Gasteiger partial charge on any atom is -0.457 e. The summed E-state index contributed by atoms with van der Waals surface area (Å²) in [6.07, 6.45) is 1.34. The van der Waals surface area contributed by atoms with Crippen molar-refractivity contribution < 1.29 is 14.3 Å². The van der Waals surface area contributed by atoms with E-state index in [1.165, 1.54) is 29.6 Å². The van der Waals surface area contributed by atoms with Gasteiger partial charge in [0.05, 0.1) is 11.9 Å². The Morgan fingerprint density at radius 3 is 2.78 bits per heavy atom. The van der Waals surface area contributed by atoms with Crippen LogP contribution in [0.5, 0.6) is 0 Å². The summed E-state index contributed by atoms with van der Waals surface area (Å²) >= 11 is 0. The van der Waals surface area contributed by atoms with Crippen LogP contribution in [0.15, 0.2) is 34.1 Å². The van der Waals surface area contributed by atoms with Crippen molar-refractivity contribution in [2.45, 2.75) is 13.2 Å². The number of carbonyl (C=O) groups is 2. The fourth-order valence-corrected chi connectivity index (χ4v) is 3.06. The minimum absolute atomic E-state index is 0.160. The molecule has 0 bridgehead atoms. The quantitative estimate of drug-likeness (QED) is 0.636. The number of aryl methyl sites for hydroxylation is 1. The van der Waals surface area contributed by atoms with Crippen molar-refractivity contribution in [1.29, 1.82) is 0 Å². The van der Waals surface area contributed by atoms with Crippen LogP contribution in [0.3, 0.4) is 0 Å². The van der Waals surface area contributed by atoms with Gasteiger partial charge in [0.15, 0.2) is 11.2 Å². The molecule has 1 aromatic carbocycles. The number of aromatic nitrogens is 4. The molecule has 0 fully saturated rings. The average molecular weight is 369 g/mol. The second-order valence-corrected chi connectivity index (χ2v) is 6.25. The maximum atomic E-state index is 12.4. The van der Waals surface area contributed by atoms with Gasteiger partial charge in [0, 0.05) is 25.3 Å². The third kappa shape index (κ3) is 2.62. The molecule has 27 heavy (non-hydrogen) atoms. The van der Waals surface area contributed by atoms with E-state index in [2.05, 4.69) is 10.3 Å². The Morgan fingerprint density at radius 1 is 1.22 bits per heavy atom. The number of carbonyl (C=O) groups excluding carboxylic acids is 2. The largest absolute Gasteiger partial charge is 0.457 e. The molecular formula is C17H15N5O5. The molecule has 1 amide bonds. The van der Waals surface area contributed by atoms with Crippen molar-refractivity contribution in [2.24, 2.45) is 14.1 Å². The molecule has 0 radical (unpaired) electrons. The van der Waals surface area contributed by atoms with Crippen molar-refractivity contribution in [3.05, 3.63) is 56.5 Å². The molecule has 138 valence electrons. The van der Waals surface area contributed by atoms with Crippen molar-refractivity contribution in [3.8, 4) is 0 Å². The number of cyclic esters (lactones) is 1. The molecular weight excluding hydrogens is 354 g/mol. The van der Waals surface area contributed by atoms with Gasteiger partial charge in [-0.05, 0) is 12.1 Å². The lowest BCUT2D eigenvalue weighted by Gasteiger charge is -2.08. The van der Waals surface area contributed by atoms with Gasteiger partial charge in [0.25, 0.3) is 5.56 Å². The van der Waals surface area contributed by atoms with Crippen molar-refractivity contribution in [1.82, 2.24) is 18.7 Å². The molecule has 10 nitrogen and oxygen atoms in total. The van der Waals surface area contributed by atoms with Gasteiger partial charge < -0.3 is 14.6 Å². The highest BCUT2D eigenvalue weighted by molar-refractivity contribution is 5.97. The van der Waals surface area contributed by atoms with Crippen LogP contribution in [0, 0.1) is 0 Å². The summed E-state index contributed by atoms with van der Waals surface area (Å²) < 4.78 is 8.53. The Labute approximate surface area is 151 Å². The molecule has 10 heteroatoms. The van der Waals surface area contributed by atoms with Gasteiger partial charge in [-0.3, -0.25) is 18.7 Å². The number of hydrogen-bond acceptors (Lipinski definition) is 6. The van der Waals surface area contributed by atoms with E-state index in [9.17, 15) is 19.2 Å². The van der Waals surface area contributed by atoms with Gasteiger partial charge in [-0.1, -0.05) is 6.07 Å². The van der Waals surface area contributed by atoms with Crippen LogP contribution < -0.4 is 16.6 Å². The van der Waals surface area contributed by atoms with Crippen molar-refractivity contribution in [3.63, 3.8) is 0 Å². The van der Waals surface area contributed by atoms with Crippen molar-refractivity contribution in [2.75, 3.05) is 5.32 Å². The Kier molecular flexibility index (Phi) is 3.69. The number of amides is 1. The summed E-state index contributed by atoms with van der Waals surface area (Å²) in [6, 6.07) is 4.94. The van der Waals surface area contributed by atoms with Gasteiger partial charge in [0.2, 0.25) is 5.91 Å². The van der Waals surface area contributed by atoms with E-state index < -0.39 is 23.1 Å². The van der Waals surface area contributed by atoms with Crippen LogP contribution >= 0.6 is 0 Å². The lowest BCUT2D eigenvalue weighted by molar-refractivity contribution is -0.116. The lowest BCUT2D eigenvalue weighted by Crippen LogP contribution is -2.37. The van der Waals surface area contributed by atoms with Crippen LogP contribution in [0.4, 0.5) is 5.69 Å². The van der Waals surface area contributed by atoms with Crippen LogP contribution in [-0.4, -0.2) is 30.6 Å². The first-order valence-corrected chi connectivity index (χ1v) is 8.07. The molecule has 0 saturated heterocycles. The van der Waals surface area contributed by atoms with Gasteiger partial charge in [-0.2, -0.15) is 0 Å². The number of nitrogens with zero attached hydrogens (tertiary/aromatic N) is 4. The van der Waals surface area contributed by atoms with Crippen molar-refractivity contribution >= 4 is 28.7 Å². The number of imidazole rings is 1. The molecule has 0 atom stereocenters. The average Bonchev–Trinajstić information content (AvgIpc) is 3.22. The van der Waals surface area contributed by atoms with E-state index in [1.54, 1.807) is 18.2 Å². The Hall–Kier alpha value is -3.69. The molecule has 0 unspecified atom stereocenters. The van der Waals surface area contributed by atoms with Gasteiger partial charge in [0.1, 0.15) is 13.2 Å². The van der Waals surface area contributed by atoms with E-state index in [1.807, 2.05) is 0 Å². The molecule has 2 aromatic heterocycles. The van der Waals surface area contributed by atoms with Crippen LogP contribution in [0.25, 0.3) is 11.2 Å². The number of rotatable bonds is 3. The Balaban J connectivity index is 1.63. The normalized spacial score (nSPS) is 12.9. The topological polar surface area (TPSA) is 117 Å². The predicted octanol–water partition coefficient (Wildman–Crippen LogP) is -0.257. The molecule has 1 aliphatic heterocycles. The third-order valence-electron chi connectivity index (χ3n) is 4.50. The van der Waals surface area contributed by atoms with Gasteiger partial charge in [-0.15, -0.1) is 0 Å². The summed E-state index contributed by atoms with van der Waals surface area (Å²) in [4.78, 5) is 52.4. The molecule has 1 aliphatic rings. The minimum atomic E-state index is -0.529. The fourth-order valence-electron chi connectivity index (χ4n) is 3.06. The Bertz CT molecular complexity index is 1230. The van der Waals surface area contributed by atoms with E-state index in [0.717, 1.165) is 10.1 Å². The zero-order valence-corrected chi connectivity index (χ0v) is 14.6. The second kappa shape index (κ2) is 5.94. The zero-order valence-electron chi connectivity index (χ0n) is 14.6. The maximum absolute atomic E-state index is 12.4. The number of anilines is 1. The summed E-state index contributed by atoms with van der Waals surface area (Å²) in [5, 5.41) is 2.68. The number of nitrogens with one attached hydrogen (secondary N) is 1. The Morgan fingerprint density at radius 2 is 2.00 bits per heavy atom. The molecule has 1 N–H and O–H groups in total. The van der Waals surface area contributed by atoms with E-state index in [4.69, 9.17) is 4.74 Å². The van der Waals surface area contributed by atoms with Crippen LogP contribution in [-0.2, 0) is 36.8 Å². The number of esters is 1. The highest BCUT2D eigenvalue weighted by atomic mass is 16.5. The summed E-state index contributed by atoms with van der Waals surface area (Å²) in [5.74, 6) is -0.831. The molecule has 3 heterocycles. The number of benzene rings is 1. The first-order valence-electron chi connectivity index (χ1n) is 8.07. The summed E-state index contributed by atoms with van der Waals surface area (Å²) in [6.45, 7) is 0.0525. The monoisotopic (exact) mass is 369 g/mol. The van der Waals surface area contributed by atoms with E-state index >= 15 is 0 Å². The zero-order chi connectivity index (χ0) is 19.3. The number of ether oxygens (including phenoxy) is 1. The second-order valence-electron chi connectivity index (χ2n) is 6.25. The SMILES string of the molecule is Cn1c(=O)c2c(ncn2CC(=O)Nc2ccc3c(c2)C(=O)OC3)n(C)c1=O. The highest BCUT2D eigenvalue weighted by Crippen LogP contribution is 2.23. The summed E-state index contributed by atoms with van der Waals surface area (Å²) in [5.41, 5.74) is 0.976. The third-order valence-corrected chi connectivity index (χ3v) is 4.50. The molecule has 0 saturated carbocycles. The summed E-state index contributed by atoms with van der Waals surface area (Å²) in [7, 11) is 2.87. The first-order chi connectivity index (χ1) is 12.9. The van der Waals surface area contributed by atoms with E-state index in [0.29, 0.717) is 11.3 Å². The van der Waals surface area contributed by atoms with E-state index in [-0.39, 0.29) is 24.3 Å². The van der Waals surface area contributed by atoms with Crippen LogP contribution in [0.1, 0.15) is 15.9 Å². The fraction of sp³-hybridized carbons (Fsp3) is 0.235. The van der Waals surface area contributed by atoms with Gasteiger partial charge >= 0.3 is 11.7 Å². The number of fused-ring (bicyclic) bond motifs is 2. The molecule has 3 aromatic rings. The highest BCUT2D eigenvalue weighted by Gasteiger charge is 2.22. The van der Waals surface area contributed by atoms with Crippen LogP contribution in [0.2, 0.25) is 0 Å². The molecule has 0 spiro atoms.